The minimum Gasteiger partial charge on any atom is -0.399 e. The first-order valence-corrected chi connectivity index (χ1v) is 6.10. The highest BCUT2D eigenvalue weighted by molar-refractivity contribution is 6.02. The van der Waals surface area contributed by atoms with E-state index in [1.165, 1.54) is 7.11 Å². The van der Waals surface area contributed by atoms with Crippen LogP contribution in [0.25, 0.3) is 5.69 Å². The van der Waals surface area contributed by atoms with Gasteiger partial charge in [-0.25, -0.2) is 0 Å². The van der Waals surface area contributed by atoms with Gasteiger partial charge in [0.2, 0.25) is 0 Å². The number of hydrogen-bond acceptors (Lipinski definition) is 3. The van der Waals surface area contributed by atoms with E-state index in [0.29, 0.717) is 5.56 Å². The van der Waals surface area contributed by atoms with Gasteiger partial charge in [-0.15, -0.1) is 0 Å². The summed E-state index contributed by atoms with van der Waals surface area (Å²) < 4.78 is 1.86. The van der Waals surface area contributed by atoms with Crippen molar-refractivity contribution in [2.45, 2.75) is 0 Å². The van der Waals surface area contributed by atoms with E-state index in [2.05, 4.69) is 15.0 Å². The molecule has 0 saturated heterocycles. The second kappa shape index (κ2) is 6.38. The van der Waals surface area contributed by atoms with Crippen LogP contribution < -0.4 is 11.5 Å². The van der Waals surface area contributed by atoms with Gasteiger partial charge >= 0.3 is 0 Å². The molecule has 21 heavy (non-hydrogen) atoms. The molecule has 7 nitrogen and oxygen atoms in total. The molecule has 0 aliphatic rings. The van der Waals surface area contributed by atoms with Gasteiger partial charge in [0.25, 0.3) is 5.91 Å². The second-order valence-electron chi connectivity index (χ2n) is 4.11. The molecule has 2 aromatic rings. The molecule has 2 rings (SSSR count). The Bertz CT molecular complexity index is 699. The molecule has 0 spiro atoms. The molecular formula is C14H15N5O2. The van der Waals surface area contributed by atoms with Crippen molar-refractivity contribution in [1.29, 1.82) is 0 Å². The molecule has 1 aromatic heterocycles. The lowest BCUT2D eigenvalue weighted by Gasteiger charge is -2.07. The first-order valence-electron chi connectivity index (χ1n) is 6.10. The monoisotopic (exact) mass is 285 g/mol. The zero-order valence-corrected chi connectivity index (χ0v) is 11.4. The molecule has 0 unspecified atom stereocenters. The van der Waals surface area contributed by atoms with Gasteiger partial charge in [0.1, 0.15) is 7.11 Å². The van der Waals surface area contributed by atoms with E-state index in [4.69, 9.17) is 11.5 Å². The molecule has 1 heterocycles. The number of rotatable bonds is 4. The van der Waals surface area contributed by atoms with Crippen LogP contribution in [-0.4, -0.2) is 29.8 Å². The standard InChI is InChI=1S/C14H15N5O2/c1-21-17-9-12-6-3-7-19(12)11-5-2-4-10(8-11)13(20)18-14(15)16/h2-9H,1H3,(H4,15,16,18,20)/b17-9+. The van der Waals surface area contributed by atoms with Gasteiger partial charge in [0, 0.05) is 17.4 Å². The molecule has 1 aromatic carbocycles. The van der Waals surface area contributed by atoms with E-state index in [-0.39, 0.29) is 5.96 Å². The van der Waals surface area contributed by atoms with Crippen molar-refractivity contribution in [2.75, 3.05) is 7.11 Å². The number of amides is 1. The van der Waals surface area contributed by atoms with Crippen molar-refractivity contribution in [3.63, 3.8) is 0 Å². The number of guanidine groups is 1. The third-order valence-corrected chi connectivity index (χ3v) is 2.67. The lowest BCUT2D eigenvalue weighted by atomic mass is 10.2. The highest BCUT2D eigenvalue weighted by atomic mass is 16.6. The molecule has 0 bridgehead atoms. The normalized spacial score (nSPS) is 10.5. The van der Waals surface area contributed by atoms with E-state index < -0.39 is 5.91 Å². The average Bonchev–Trinajstić information content (AvgIpc) is 2.93. The van der Waals surface area contributed by atoms with Gasteiger partial charge in [-0.1, -0.05) is 11.2 Å². The van der Waals surface area contributed by atoms with E-state index in [1.807, 2.05) is 29.0 Å². The maximum atomic E-state index is 11.8. The Kier molecular flexibility index (Phi) is 4.35. The fourth-order valence-corrected chi connectivity index (χ4v) is 1.81. The van der Waals surface area contributed by atoms with Crippen LogP contribution in [0, 0.1) is 0 Å². The Morgan fingerprint density at radius 2 is 2.10 bits per heavy atom. The Labute approximate surface area is 121 Å². The van der Waals surface area contributed by atoms with E-state index >= 15 is 0 Å². The van der Waals surface area contributed by atoms with Crippen molar-refractivity contribution >= 4 is 18.1 Å². The lowest BCUT2D eigenvalue weighted by Crippen LogP contribution is -2.24. The molecule has 0 radical (unpaired) electrons. The Morgan fingerprint density at radius 1 is 1.29 bits per heavy atom. The Balaban J connectivity index is 2.38. The van der Waals surface area contributed by atoms with Crippen molar-refractivity contribution in [1.82, 2.24) is 4.57 Å². The van der Waals surface area contributed by atoms with Crippen LogP contribution in [0.4, 0.5) is 0 Å². The highest BCUT2D eigenvalue weighted by Crippen LogP contribution is 2.14. The predicted octanol–water partition coefficient (Wildman–Crippen LogP) is 0.871. The number of carbonyl (C=O) groups is 1. The van der Waals surface area contributed by atoms with E-state index in [0.717, 1.165) is 11.4 Å². The number of nitrogens with zero attached hydrogens (tertiary/aromatic N) is 3. The summed E-state index contributed by atoms with van der Waals surface area (Å²) in [6, 6.07) is 10.7. The summed E-state index contributed by atoms with van der Waals surface area (Å²) in [6.45, 7) is 0. The van der Waals surface area contributed by atoms with Crippen LogP contribution in [0.1, 0.15) is 16.1 Å². The van der Waals surface area contributed by atoms with Crippen LogP contribution >= 0.6 is 0 Å². The lowest BCUT2D eigenvalue weighted by molar-refractivity contribution is 0.100. The fraction of sp³-hybridized carbons (Fsp3) is 0.0714. The molecule has 0 saturated carbocycles. The summed E-state index contributed by atoms with van der Waals surface area (Å²) in [7, 11) is 1.47. The van der Waals surface area contributed by atoms with Crippen molar-refractivity contribution < 1.29 is 9.63 Å². The first kappa shape index (κ1) is 14.3. The number of hydrogen-bond donors (Lipinski definition) is 2. The summed E-state index contributed by atoms with van der Waals surface area (Å²) in [4.78, 5) is 20.0. The summed E-state index contributed by atoms with van der Waals surface area (Å²) in [5.41, 5.74) is 12.4. The predicted molar refractivity (Wildman–Crippen MR) is 80.5 cm³/mol. The number of benzene rings is 1. The molecule has 1 amide bonds. The first-order chi connectivity index (χ1) is 10.1. The quantitative estimate of drug-likeness (QED) is 0.493. The van der Waals surface area contributed by atoms with E-state index in [1.54, 1.807) is 24.4 Å². The molecular weight excluding hydrogens is 270 g/mol. The Morgan fingerprint density at radius 3 is 2.81 bits per heavy atom. The summed E-state index contributed by atoms with van der Waals surface area (Å²) in [6.07, 6.45) is 3.42. The van der Waals surface area contributed by atoms with Crippen LogP contribution in [0.5, 0.6) is 0 Å². The van der Waals surface area contributed by atoms with Crippen molar-refractivity contribution in [3.05, 3.63) is 53.9 Å². The zero-order chi connectivity index (χ0) is 15.2. The third-order valence-electron chi connectivity index (χ3n) is 2.67. The minimum absolute atomic E-state index is 0.265. The summed E-state index contributed by atoms with van der Waals surface area (Å²) >= 11 is 0. The van der Waals surface area contributed by atoms with Gasteiger partial charge in [0.15, 0.2) is 5.96 Å². The van der Waals surface area contributed by atoms with Gasteiger partial charge in [0.05, 0.1) is 11.9 Å². The topological polar surface area (TPSA) is 108 Å². The maximum Gasteiger partial charge on any atom is 0.280 e. The smallest absolute Gasteiger partial charge is 0.280 e. The number of carbonyl (C=O) groups excluding carboxylic acids is 1. The minimum atomic E-state index is -0.490. The van der Waals surface area contributed by atoms with Gasteiger partial charge in [-0.05, 0) is 30.3 Å². The van der Waals surface area contributed by atoms with Crippen LogP contribution in [0.15, 0.2) is 52.7 Å². The molecule has 7 heteroatoms. The van der Waals surface area contributed by atoms with Crippen molar-refractivity contribution in [2.24, 2.45) is 21.6 Å². The molecule has 0 aliphatic heterocycles. The SMILES string of the molecule is CO/N=C/c1cccn1-c1cccc(C(=O)N=C(N)N)c1. The van der Waals surface area contributed by atoms with Gasteiger partial charge < -0.3 is 20.9 Å². The number of nitrogens with two attached hydrogens (primary N) is 2. The Hall–Kier alpha value is -3.09. The largest absolute Gasteiger partial charge is 0.399 e. The molecule has 0 atom stereocenters. The highest BCUT2D eigenvalue weighted by Gasteiger charge is 2.07. The molecule has 108 valence electrons. The zero-order valence-electron chi connectivity index (χ0n) is 11.4. The van der Waals surface area contributed by atoms with Gasteiger partial charge in [-0.3, -0.25) is 4.79 Å². The van der Waals surface area contributed by atoms with Crippen LogP contribution in [-0.2, 0) is 4.84 Å². The average molecular weight is 285 g/mol. The van der Waals surface area contributed by atoms with Gasteiger partial charge in [-0.2, -0.15) is 4.99 Å². The van der Waals surface area contributed by atoms with Crippen LogP contribution in [0.3, 0.4) is 0 Å². The second-order valence-corrected chi connectivity index (χ2v) is 4.11. The molecule has 4 N–H and O–H groups in total. The fourth-order valence-electron chi connectivity index (χ4n) is 1.81. The number of oxime groups is 1. The summed E-state index contributed by atoms with van der Waals surface area (Å²) in [5, 5.41) is 3.73. The van der Waals surface area contributed by atoms with E-state index in [9.17, 15) is 4.79 Å². The number of aliphatic imine (C=N–C) groups is 1. The van der Waals surface area contributed by atoms with Crippen LogP contribution in [0.2, 0.25) is 0 Å². The molecule has 0 fully saturated rings. The summed E-state index contributed by atoms with van der Waals surface area (Å²) in [5.74, 6) is -0.754. The third kappa shape index (κ3) is 3.47. The molecule has 0 aliphatic carbocycles. The number of aromatic nitrogens is 1. The maximum absolute atomic E-state index is 11.8. The van der Waals surface area contributed by atoms with Crippen molar-refractivity contribution in [3.8, 4) is 5.69 Å².